The van der Waals surface area contributed by atoms with Crippen LogP contribution in [0.2, 0.25) is 5.15 Å². The van der Waals surface area contributed by atoms with Crippen LogP contribution in [0.3, 0.4) is 0 Å². The quantitative estimate of drug-likeness (QED) is 0.0123. The van der Waals surface area contributed by atoms with Crippen LogP contribution in [0.25, 0.3) is 22.3 Å². The van der Waals surface area contributed by atoms with Crippen LogP contribution in [-0.4, -0.2) is 224 Å². The number of hydrogen-bond acceptors (Lipinski definition) is 40. The molecule has 0 aliphatic carbocycles. The number of H-pyrrole nitrogens is 3. The van der Waals surface area contributed by atoms with Gasteiger partial charge in [0.15, 0.2) is 59.3 Å². The van der Waals surface area contributed by atoms with Crippen molar-refractivity contribution in [2.45, 2.75) is 259 Å². The number of esters is 6. The van der Waals surface area contributed by atoms with Gasteiger partial charge in [-0.2, -0.15) is 34.9 Å². The number of alkyl halides is 1. The number of aliphatic hydroxyl groups excluding tert-OH is 2. The first kappa shape index (κ1) is 105. The van der Waals surface area contributed by atoms with Crippen LogP contribution < -0.4 is 69.5 Å². The Hall–Kier alpha value is -13.7. The number of halogens is 2. The summed E-state index contributed by atoms with van der Waals surface area (Å²) in [4.78, 5) is 187. The van der Waals surface area contributed by atoms with Gasteiger partial charge in [-0.25, -0.2) is 19.1 Å². The third-order valence-corrected chi connectivity index (χ3v) is 22.1. The van der Waals surface area contributed by atoms with Crippen LogP contribution in [0.5, 0.6) is 12.0 Å². The number of nitrogens with one attached hydrogen (secondary N) is 3. The SMILES string of the molecule is C.C#CCBr.CC(=O)OC(C)=O.CC[C@@H]1C[C@@H](OC(C)=O)[C@H](N2C(=O)Cc3c(Cl)nc(N)nc32)O1.CC[C@@H]1C[C@@H](OC(C)=O)[C@H](N2C(=O)Cc3c2nc(N)[nH]c3=O)O1.CC[C@@H]1C[C@@H](OC(C)=O)[C@H](N2C(=O)Cc3cnc(N)nc32)O1.CC[C@@H]1C[C@@H](OC(C)=O)[C@H](n2c(OCc3ccccc3)nc3c(=O)[nH]c(N)nc32)O1.Nc1nc2c(nc(OCc3ccccc3)n2[C@@H]2O[C@H](CO)C[C@H]2O)c(=O)[nH]1. The molecule has 50 heteroatoms. The summed E-state index contributed by atoms with van der Waals surface area (Å²) in [5.74, 6) is -0.423. The van der Waals surface area contributed by atoms with Gasteiger partial charge in [-0.05, 0) is 36.8 Å². The second kappa shape index (κ2) is 47.6. The number of amides is 3. The standard InChI is InChI=1S/C20H23N5O5.C17H19N5O5.C14H17ClN4O4.C14H18N4O5.C14H18N4O4.C4H6O3.C3H3Br.CH4/c1-3-13-9-14(29-11(2)26)18(30-13)25-16-15(17(27)24-19(21)23-16)22-20(25)28-10-12-7-5-4-6-8-12;18-16-20-13-12(14(25)21-16)19-17(26-8-9-4-2-1-3-5-9)22(13)15-11(24)6-10(7-23)27-15;1-3-7-4-9(22-6(2)20)13(23-7)19-10(21)5-8-11(15)17-14(16)18-12(8)19;1-3-7-4-9(22-6(2)19)13(23-7)18-10(20)5-8-11(18)16-14(15)17-12(8)21;1-3-9-5-10(21-7(2)19)13(22-9)18-11(20)4-8-6-16-14(15)17-12(8)18;1-3(5)7-4(2)6;1-2-3-4;/h4-8,13-14,18H,3,9-10H2,1-2H3,(H3,21,23,24,27);1-5,10-11,15,23-24H,6-8H2,(H3,18,20,21,25);7,9,13H,3-5H2,1-2H3,(H2,16,17,18);7,9,13H,3-5H2,1-2H3,(H3,15,16,17,21);6,9-10,13H,3-5H2,1-2H3,(H2,15,16,17);1-2H3;1H,3H2;1H4/t13-,14-,18-;10-,11+,15+;2*7-,9-,13-;9-,10-,13-;;;/m10111.../s1. The van der Waals surface area contributed by atoms with Crippen molar-refractivity contribution in [1.82, 2.24) is 68.9 Å². The van der Waals surface area contributed by atoms with Gasteiger partial charge in [0.1, 0.15) is 60.5 Å². The number of ether oxygens (including phenoxy) is 12. The second-order valence-corrected chi connectivity index (χ2v) is 32.4. The van der Waals surface area contributed by atoms with Crippen LogP contribution in [-0.2, 0) is 123 Å². The van der Waals surface area contributed by atoms with Crippen molar-refractivity contribution >= 4 is 151 Å². The van der Waals surface area contributed by atoms with E-state index in [-0.39, 0.29) is 176 Å². The number of nitrogens with two attached hydrogens (primary N) is 5. The maximum Gasteiger partial charge on any atom is 0.310 e. The average Bonchev–Trinajstić information content (AvgIpc) is 1.63. The highest BCUT2D eigenvalue weighted by molar-refractivity contribution is 9.09. The number of nitrogen functional groups attached to an aromatic ring is 5. The van der Waals surface area contributed by atoms with Gasteiger partial charge in [-0.15, -0.1) is 6.42 Å². The molecule has 736 valence electrons. The lowest BCUT2D eigenvalue weighted by Gasteiger charge is -2.27. The zero-order valence-electron chi connectivity index (χ0n) is 75.5. The van der Waals surface area contributed by atoms with E-state index in [9.17, 15) is 67.7 Å². The fourth-order valence-electron chi connectivity index (χ4n) is 15.7. The third-order valence-electron chi connectivity index (χ3n) is 21.5. The number of aliphatic hydroxyl groups is 2. The fraction of sp³-hybridized carbons (Fsp3) is 0.483. The first-order valence-electron chi connectivity index (χ1n) is 43.0. The van der Waals surface area contributed by atoms with Crippen LogP contribution in [0.4, 0.5) is 47.2 Å². The van der Waals surface area contributed by atoms with Gasteiger partial charge in [0.25, 0.3) is 16.7 Å². The Morgan fingerprint density at radius 3 is 1.24 bits per heavy atom. The molecule has 48 nitrogen and oxygen atoms in total. The Bertz CT molecular complexity index is 6070. The smallest absolute Gasteiger partial charge is 0.310 e. The fourth-order valence-corrected chi connectivity index (χ4v) is 16.0. The Labute approximate surface area is 795 Å². The molecule has 9 aromatic rings. The van der Waals surface area contributed by atoms with E-state index in [0.29, 0.717) is 60.2 Å². The zero-order valence-corrected chi connectivity index (χ0v) is 77.8. The van der Waals surface area contributed by atoms with Crippen molar-refractivity contribution in [1.29, 1.82) is 0 Å². The van der Waals surface area contributed by atoms with Crippen molar-refractivity contribution < 1.29 is 110 Å². The summed E-state index contributed by atoms with van der Waals surface area (Å²) in [6.07, 6.45) is 3.73. The van der Waals surface area contributed by atoms with Crippen LogP contribution in [0.15, 0.2) is 81.2 Å². The topological polar surface area (TPSA) is 669 Å². The minimum absolute atomic E-state index is 0. The lowest BCUT2D eigenvalue weighted by molar-refractivity contribution is -0.157. The van der Waals surface area contributed by atoms with Crippen molar-refractivity contribution in [3.8, 4) is 24.4 Å². The maximum absolute atomic E-state index is 12.4. The third kappa shape index (κ3) is 26.1. The van der Waals surface area contributed by atoms with Gasteiger partial charge >= 0.3 is 47.8 Å². The summed E-state index contributed by atoms with van der Waals surface area (Å²) >= 11 is 9.06. The number of aromatic nitrogens is 14. The molecule has 15 atom stereocenters. The zero-order chi connectivity index (χ0) is 98.8. The summed E-state index contributed by atoms with van der Waals surface area (Å²) in [6, 6.07) is 19.2. The van der Waals surface area contributed by atoms with E-state index >= 15 is 0 Å². The first-order valence-corrected chi connectivity index (χ1v) is 44.5. The van der Waals surface area contributed by atoms with Crippen LogP contribution >= 0.6 is 27.5 Å². The number of carbonyl (C=O) groups excluding carboxylic acids is 9. The van der Waals surface area contributed by atoms with E-state index in [1.807, 2.05) is 88.4 Å². The van der Waals surface area contributed by atoms with Crippen molar-refractivity contribution in [3.05, 3.63) is 131 Å². The summed E-state index contributed by atoms with van der Waals surface area (Å²) in [5, 5.41) is 20.5. The number of carbonyl (C=O) groups is 9. The number of rotatable bonds is 20. The highest BCUT2D eigenvalue weighted by atomic mass is 79.9. The molecule has 8 aliphatic rings. The summed E-state index contributed by atoms with van der Waals surface area (Å²) in [7, 11) is 0. The average molecular weight is 1990 g/mol. The monoisotopic (exact) mass is 1990 g/mol. The number of anilines is 8. The molecule has 0 saturated carbocycles. The molecule has 3 amide bonds. The number of imidazole rings is 2. The lowest BCUT2D eigenvalue weighted by Crippen LogP contribution is -2.45. The van der Waals surface area contributed by atoms with Crippen molar-refractivity contribution in [3.63, 3.8) is 0 Å². The Morgan fingerprint density at radius 2 is 0.847 bits per heavy atom. The molecule has 8 aliphatic heterocycles. The normalized spacial score (nSPS) is 22.8. The van der Waals surface area contributed by atoms with E-state index in [1.165, 1.54) is 60.8 Å². The molecule has 0 bridgehead atoms. The largest absolute Gasteiger partial charge is 0.460 e. The van der Waals surface area contributed by atoms with E-state index in [0.717, 1.165) is 30.4 Å². The number of fused-ring (bicyclic) bond motifs is 5. The van der Waals surface area contributed by atoms with Crippen LogP contribution in [0.1, 0.15) is 175 Å². The number of benzene rings is 2. The number of nitrogens with zero attached hydrogens (tertiary/aromatic N) is 14. The van der Waals surface area contributed by atoms with Crippen LogP contribution in [0, 0.1) is 12.3 Å². The highest BCUT2D eigenvalue weighted by Gasteiger charge is 2.51. The Kier molecular flexibility index (Phi) is 36.6. The van der Waals surface area contributed by atoms with E-state index in [2.05, 4.69) is 86.4 Å². The molecule has 0 radical (unpaired) electrons. The van der Waals surface area contributed by atoms with E-state index in [4.69, 9.17) is 98.8 Å². The minimum Gasteiger partial charge on any atom is -0.460 e. The molecule has 137 heavy (non-hydrogen) atoms. The number of hydrogen-bond donors (Lipinski definition) is 10. The molecule has 15 heterocycles. The molecule has 2 aromatic carbocycles. The summed E-state index contributed by atoms with van der Waals surface area (Å²) in [5.41, 5.74) is 30.5. The molecule has 17 rings (SSSR count). The number of aromatic amines is 3. The molecular weight excluding hydrogens is 1880 g/mol. The second-order valence-electron chi connectivity index (χ2n) is 31.5. The molecule has 5 saturated heterocycles. The highest BCUT2D eigenvalue weighted by Crippen LogP contribution is 2.43. The molecule has 7 aromatic heterocycles. The maximum atomic E-state index is 12.4. The minimum atomic E-state index is -0.930. The van der Waals surface area contributed by atoms with Crippen molar-refractivity contribution in [2.75, 3.05) is 55.3 Å². The molecule has 15 N–H and O–H groups in total. The van der Waals surface area contributed by atoms with Gasteiger partial charge in [0.2, 0.25) is 47.5 Å². The summed E-state index contributed by atoms with van der Waals surface area (Å²) in [6.45, 7) is 15.7. The molecule has 5 fully saturated rings. The van der Waals surface area contributed by atoms with E-state index in [1.54, 1.807) is 10.8 Å². The molecular formula is C87H108BrClN22O26. The predicted molar refractivity (Wildman–Crippen MR) is 493 cm³/mol. The lowest BCUT2D eigenvalue weighted by atomic mass is 10.1. The summed E-state index contributed by atoms with van der Waals surface area (Å²) < 4.78 is 69.6. The Balaban J connectivity index is 0.000000172. The van der Waals surface area contributed by atoms with Gasteiger partial charge < -0.3 is 95.7 Å². The van der Waals surface area contributed by atoms with Crippen molar-refractivity contribution in [2.24, 2.45) is 0 Å². The molecule has 0 unspecified atom stereocenters. The first-order chi connectivity index (χ1) is 64.9. The van der Waals surface area contributed by atoms with Gasteiger partial charge in [0, 0.05) is 91.0 Å². The predicted octanol–water partition coefficient (Wildman–Crippen LogP) is 4.74. The van der Waals surface area contributed by atoms with E-state index < -0.39 is 120 Å². The molecule has 0 spiro atoms. The van der Waals surface area contributed by atoms with Gasteiger partial charge in [0.05, 0.1) is 67.3 Å². The van der Waals surface area contributed by atoms with Gasteiger partial charge in [-0.3, -0.25) is 87.2 Å². The number of terminal acetylenes is 1. The Morgan fingerprint density at radius 1 is 0.482 bits per heavy atom. The van der Waals surface area contributed by atoms with Gasteiger partial charge in [-0.1, -0.05) is 129 Å².